The van der Waals surface area contributed by atoms with Gasteiger partial charge in [0.05, 0.1) is 12.7 Å². The highest BCUT2D eigenvalue weighted by Gasteiger charge is 2.10. The number of halogens is 1. The molecule has 0 amide bonds. The van der Waals surface area contributed by atoms with Crippen LogP contribution in [0.3, 0.4) is 0 Å². The highest BCUT2D eigenvalue weighted by molar-refractivity contribution is 9.09. The van der Waals surface area contributed by atoms with E-state index in [1.165, 1.54) is 0 Å². The second-order valence-corrected chi connectivity index (χ2v) is 3.29. The van der Waals surface area contributed by atoms with Crippen LogP contribution in [-0.2, 0) is 0 Å². The van der Waals surface area contributed by atoms with Crippen molar-refractivity contribution >= 4 is 15.9 Å². The van der Waals surface area contributed by atoms with E-state index in [0.29, 0.717) is 11.9 Å². The van der Waals surface area contributed by atoms with Gasteiger partial charge in [0.15, 0.2) is 0 Å². The Bertz CT molecular complexity index is 263. The SMILES string of the molecule is CCOc1ccccc1[C@@H](O)CBr. The standard InChI is InChI=1S/C10H13BrO2/c1-2-13-10-6-4-3-5-8(10)9(12)7-11/h3-6,9,12H,2,7H2,1H3/t9-/m0/s1. The van der Waals surface area contributed by atoms with Gasteiger partial charge in [0, 0.05) is 10.9 Å². The molecule has 0 saturated carbocycles. The van der Waals surface area contributed by atoms with E-state index >= 15 is 0 Å². The third-order valence-electron chi connectivity index (χ3n) is 1.72. The predicted octanol–water partition coefficient (Wildman–Crippen LogP) is 2.51. The van der Waals surface area contributed by atoms with Crippen LogP contribution >= 0.6 is 15.9 Å². The van der Waals surface area contributed by atoms with E-state index in [-0.39, 0.29) is 0 Å². The number of aliphatic hydroxyl groups is 1. The number of rotatable bonds is 4. The lowest BCUT2D eigenvalue weighted by molar-refractivity contribution is 0.198. The maximum absolute atomic E-state index is 9.61. The van der Waals surface area contributed by atoms with Crippen LogP contribution in [0.25, 0.3) is 0 Å². The summed E-state index contributed by atoms with van der Waals surface area (Å²) in [7, 11) is 0. The molecule has 0 radical (unpaired) electrons. The highest BCUT2D eigenvalue weighted by Crippen LogP contribution is 2.25. The number of benzene rings is 1. The Morgan fingerprint density at radius 1 is 1.46 bits per heavy atom. The Labute approximate surface area is 86.7 Å². The average molecular weight is 245 g/mol. The third-order valence-corrected chi connectivity index (χ3v) is 2.34. The van der Waals surface area contributed by atoms with Crippen LogP contribution < -0.4 is 4.74 Å². The summed E-state index contributed by atoms with van der Waals surface area (Å²) in [5.41, 5.74) is 0.834. The van der Waals surface area contributed by atoms with Crippen molar-refractivity contribution in [2.45, 2.75) is 13.0 Å². The van der Waals surface area contributed by atoms with Crippen molar-refractivity contribution in [2.24, 2.45) is 0 Å². The van der Waals surface area contributed by atoms with Gasteiger partial charge in [-0.05, 0) is 13.0 Å². The summed E-state index contributed by atoms with van der Waals surface area (Å²) in [4.78, 5) is 0. The molecule has 2 nitrogen and oxygen atoms in total. The molecule has 1 aromatic rings. The molecular weight excluding hydrogens is 232 g/mol. The van der Waals surface area contributed by atoms with E-state index in [9.17, 15) is 5.11 Å². The van der Waals surface area contributed by atoms with Crippen molar-refractivity contribution in [2.75, 3.05) is 11.9 Å². The Morgan fingerprint density at radius 3 is 2.77 bits per heavy atom. The number of ether oxygens (including phenoxy) is 1. The summed E-state index contributed by atoms with van der Waals surface area (Å²) < 4.78 is 5.38. The molecule has 0 aliphatic carbocycles. The van der Waals surface area contributed by atoms with E-state index in [0.717, 1.165) is 11.3 Å². The fourth-order valence-electron chi connectivity index (χ4n) is 1.13. The molecule has 1 atom stereocenters. The van der Waals surface area contributed by atoms with Gasteiger partial charge in [-0.3, -0.25) is 0 Å². The zero-order valence-electron chi connectivity index (χ0n) is 7.53. The van der Waals surface area contributed by atoms with Crippen LogP contribution in [-0.4, -0.2) is 17.0 Å². The minimum atomic E-state index is -0.497. The lowest BCUT2D eigenvalue weighted by Crippen LogP contribution is -2.02. The number of hydrogen-bond acceptors (Lipinski definition) is 2. The number of aliphatic hydroxyl groups excluding tert-OH is 1. The van der Waals surface area contributed by atoms with Crippen LogP contribution in [0.4, 0.5) is 0 Å². The first-order valence-corrected chi connectivity index (χ1v) is 5.37. The van der Waals surface area contributed by atoms with Gasteiger partial charge in [-0.1, -0.05) is 34.1 Å². The lowest BCUT2D eigenvalue weighted by atomic mass is 10.1. The van der Waals surface area contributed by atoms with Gasteiger partial charge in [0.2, 0.25) is 0 Å². The van der Waals surface area contributed by atoms with Crippen molar-refractivity contribution < 1.29 is 9.84 Å². The van der Waals surface area contributed by atoms with Crippen molar-refractivity contribution in [3.8, 4) is 5.75 Å². The topological polar surface area (TPSA) is 29.5 Å². The second kappa shape index (κ2) is 5.25. The van der Waals surface area contributed by atoms with Crippen molar-refractivity contribution in [1.82, 2.24) is 0 Å². The van der Waals surface area contributed by atoms with Gasteiger partial charge >= 0.3 is 0 Å². The number of alkyl halides is 1. The first kappa shape index (κ1) is 10.5. The van der Waals surface area contributed by atoms with Crippen LogP contribution in [0.15, 0.2) is 24.3 Å². The van der Waals surface area contributed by atoms with Crippen LogP contribution in [0, 0.1) is 0 Å². The smallest absolute Gasteiger partial charge is 0.125 e. The molecule has 13 heavy (non-hydrogen) atoms. The van der Waals surface area contributed by atoms with E-state index in [2.05, 4.69) is 15.9 Å². The summed E-state index contributed by atoms with van der Waals surface area (Å²) in [6.45, 7) is 2.54. The zero-order valence-corrected chi connectivity index (χ0v) is 9.12. The first-order valence-electron chi connectivity index (χ1n) is 4.25. The molecule has 0 saturated heterocycles. The molecule has 0 fully saturated rings. The largest absolute Gasteiger partial charge is 0.493 e. The summed E-state index contributed by atoms with van der Waals surface area (Å²) >= 11 is 3.23. The molecule has 0 bridgehead atoms. The highest BCUT2D eigenvalue weighted by atomic mass is 79.9. The van der Waals surface area contributed by atoms with Crippen LogP contribution in [0.5, 0.6) is 5.75 Å². The van der Waals surface area contributed by atoms with Gasteiger partial charge in [0.25, 0.3) is 0 Å². The maximum Gasteiger partial charge on any atom is 0.125 e. The molecule has 1 aromatic carbocycles. The van der Waals surface area contributed by atoms with Crippen LogP contribution in [0.2, 0.25) is 0 Å². The fourth-order valence-corrected chi connectivity index (χ4v) is 1.47. The molecule has 0 spiro atoms. The Balaban J connectivity index is 2.90. The quantitative estimate of drug-likeness (QED) is 0.826. The molecule has 72 valence electrons. The fraction of sp³-hybridized carbons (Fsp3) is 0.400. The van der Waals surface area contributed by atoms with Gasteiger partial charge in [-0.15, -0.1) is 0 Å². The number of para-hydroxylation sites is 1. The molecule has 1 rings (SSSR count). The maximum atomic E-state index is 9.61. The molecule has 3 heteroatoms. The van der Waals surface area contributed by atoms with E-state index < -0.39 is 6.10 Å². The van der Waals surface area contributed by atoms with Crippen molar-refractivity contribution in [3.05, 3.63) is 29.8 Å². The number of hydrogen-bond donors (Lipinski definition) is 1. The van der Waals surface area contributed by atoms with Crippen LogP contribution in [0.1, 0.15) is 18.6 Å². The summed E-state index contributed by atoms with van der Waals surface area (Å²) in [6.07, 6.45) is -0.497. The van der Waals surface area contributed by atoms with Gasteiger partial charge in [-0.25, -0.2) is 0 Å². The average Bonchev–Trinajstić information content (AvgIpc) is 2.18. The van der Waals surface area contributed by atoms with E-state index in [4.69, 9.17) is 4.74 Å². The predicted molar refractivity (Wildman–Crippen MR) is 56.4 cm³/mol. The molecule has 0 aliphatic heterocycles. The summed E-state index contributed by atoms with van der Waals surface area (Å²) in [5.74, 6) is 0.761. The zero-order chi connectivity index (χ0) is 9.68. The molecule has 0 aliphatic rings. The molecule has 0 unspecified atom stereocenters. The van der Waals surface area contributed by atoms with Crippen molar-refractivity contribution in [1.29, 1.82) is 0 Å². The van der Waals surface area contributed by atoms with Gasteiger partial charge in [-0.2, -0.15) is 0 Å². The van der Waals surface area contributed by atoms with Gasteiger partial charge in [0.1, 0.15) is 5.75 Å². The Hall–Kier alpha value is -0.540. The summed E-state index contributed by atoms with van der Waals surface area (Å²) in [5, 5.41) is 10.1. The minimum Gasteiger partial charge on any atom is -0.493 e. The van der Waals surface area contributed by atoms with Crippen molar-refractivity contribution in [3.63, 3.8) is 0 Å². The third kappa shape index (κ3) is 2.71. The minimum absolute atomic E-state index is 0.497. The molecular formula is C10H13BrO2. The van der Waals surface area contributed by atoms with Gasteiger partial charge < -0.3 is 9.84 Å². The lowest BCUT2D eigenvalue weighted by Gasteiger charge is -2.12. The van der Waals surface area contributed by atoms with E-state index in [1.54, 1.807) is 0 Å². The summed E-state index contributed by atoms with van der Waals surface area (Å²) in [6, 6.07) is 7.53. The Kier molecular flexibility index (Phi) is 4.25. The Morgan fingerprint density at radius 2 is 2.15 bits per heavy atom. The normalized spacial score (nSPS) is 12.5. The molecule has 0 aromatic heterocycles. The molecule has 0 heterocycles. The first-order chi connectivity index (χ1) is 6.29. The second-order valence-electron chi connectivity index (χ2n) is 2.64. The molecule has 1 N–H and O–H groups in total. The van der Waals surface area contributed by atoms with E-state index in [1.807, 2.05) is 31.2 Å². The monoisotopic (exact) mass is 244 g/mol.